The highest BCUT2D eigenvalue weighted by atomic mass is 16.5. The predicted molar refractivity (Wildman–Crippen MR) is 82.2 cm³/mol. The van der Waals surface area contributed by atoms with Crippen LogP contribution in [-0.4, -0.2) is 24.7 Å². The van der Waals surface area contributed by atoms with Gasteiger partial charge in [0.1, 0.15) is 5.60 Å². The Morgan fingerprint density at radius 1 is 1.30 bits per heavy atom. The minimum absolute atomic E-state index is 0.111. The SMILES string of the molecule is C=C(NC(CC)C[C@H](C(=O)OC)C(C)C)OC(C)(C)C. The largest absolute Gasteiger partial charge is 0.474 e. The van der Waals surface area contributed by atoms with Gasteiger partial charge in [0, 0.05) is 6.04 Å². The molecule has 0 aromatic heterocycles. The summed E-state index contributed by atoms with van der Waals surface area (Å²) in [6, 6.07) is 0.149. The molecule has 0 fully saturated rings. The fourth-order valence-electron chi connectivity index (χ4n) is 2.05. The molecule has 0 saturated carbocycles. The molecule has 118 valence electrons. The molecule has 4 heteroatoms. The van der Waals surface area contributed by atoms with Gasteiger partial charge in [-0.3, -0.25) is 4.79 Å². The van der Waals surface area contributed by atoms with Crippen LogP contribution in [0.2, 0.25) is 0 Å². The van der Waals surface area contributed by atoms with Crippen molar-refractivity contribution in [2.45, 2.75) is 66.0 Å². The predicted octanol–water partition coefficient (Wildman–Crippen LogP) is 3.48. The summed E-state index contributed by atoms with van der Waals surface area (Å²) in [5, 5.41) is 3.26. The van der Waals surface area contributed by atoms with Crippen molar-refractivity contribution in [2.24, 2.45) is 11.8 Å². The van der Waals surface area contributed by atoms with Gasteiger partial charge in [0.25, 0.3) is 0 Å². The Kier molecular flexibility index (Phi) is 7.69. The van der Waals surface area contributed by atoms with Gasteiger partial charge in [-0.25, -0.2) is 0 Å². The highest BCUT2D eigenvalue weighted by Crippen LogP contribution is 2.21. The van der Waals surface area contributed by atoms with Crippen molar-refractivity contribution < 1.29 is 14.3 Å². The molecule has 0 aromatic carbocycles. The number of ether oxygens (including phenoxy) is 2. The normalized spacial score (nSPS) is 14.6. The van der Waals surface area contributed by atoms with Gasteiger partial charge in [-0.05, 0) is 46.1 Å². The average molecular weight is 285 g/mol. The second-order valence-corrected chi connectivity index (χ2v) is 6.50. The third kappa shape index (κ3) is 7.41. The molecule has 1 N–H and O–H groups in total. The van der Waals surface area contributed by atoms with Crippen molar-refractivity contribution in [3.05, 3.63) is 12.5 Å². The molecule has 0 bridgehead atoms. The Morgan fingerprint density at radius 3 is 2.20 bits per heavy atom. The minimum Gasteiger partial charge on any atom is -0.474 e. The van der Waals surface area contributed by atoms with Crippen LogP contribution < -0.4 is 5.32 Å². The van der Waals surface area contributed by atoms with Crippen LogP contribution in [0.15, 0.2) is 12.5 Å². The van der Waals surface area contributed by atoms with Crippen LogP contribution >= 0.6 is 0 Å². The van der Waals surface area contributed by atoms with Crippen LogP contribution in [0.1, 0.15) is 54.4 Å². The van der Waals surface area contributed by atoms with Gasteiger partial charge in [-0.1, -0.05) is 20.8 Å². The summed E-state index contributed by atoms with van der Waals surface area (Å²) in [6.07, 6.45) is 1.61. The van der Waals surface area contributed by atoms with Gasteiger partial charge in [-0.15, -0.1) is 0 Å². The quantitative estimate of drug-likeness (QED) is 0.548. The zero-order valence-corrected chi connectivity index (χ0v) is 14.1. The number of hydrogen-bond donors (Lipinski definition) is 1. The summed E-state index contributed by atoms with van der Waals surface area (Å²) in [5.74, 6) is 0.536. The zero-order valence-electron chi connectivity index (χ0n) is 14.1. The Balaban J connectivity index is 4.60. The van der Waals surface area contributed by atoms with E-state index in [4.69, 9.17) is 9.47 Å². The molecule has 0 aliphatic heterocycles. The van der Waals surface area contributed by atoms with Crippen molar-refractivity contribution in [3.8, 4) is 0 Å². The van der Waals surface area contributed by atoms with E-state index < -0.39 is 0 Å². The van der Waals surface area contributed by atoms with E-state index in [0.717, 1.165) is 6.42 Å². The van der Waals surface area contributed by atoms with Crippen molar-refractivity contribution in [2.75, 3.05) is 7.11 Å². The molecule has 2 atom stereocenters. The molecule has 0 aliphatic carbocycles. The average Bonchev–Trinajstić information content (AvgIpc) is 2.30. The summed E-state index contributed by atoms with van der Waals surface area (Å²) >= 11 is 0. The first-order valence-corrected chi connectivity index (χ1v) is 7.33. The van der Waals surface area contributed by atoms with E-state index in [0.29, 0.717) is 12.3 Å². The van der Waals surface area contributed by atoms with E-state index in [1.54, 1.807) is 0 Å². The second kappa shape index (κ2) is 8.18. The molecule has 0 saturated heterocycles. The maximum Gasteiger partial charge on any atom is 0.308 e. The molecular formula is C16H31NO3. The lowest BCUT2D eigenvalue weighted by atomic mass is 9.88. The zero-order chi connectivity index (χ0) is 15.9. The Morgan fingerprint density at radius 2 is 1.85 bits per heavy atom. The van der Waals surface area contributed by atoms with Gasteiger partial charge >= 0.3 is 5.97 Å². The Bertz CT molecular complexity index is 318. The monoisotopic (exact) mass is 285 g/mol. The second-order valence-electron chi connectivity index (χ2n) is 6.50. The third-order valence-corrected chi connectivity index (χ3v) is 3.13. The lowest BCUT2D eigenvalue weighted by Crippen LogP contribution is -2.36. The van der Waals surface area contributed by atoms with E-state index in [1.165, 1.54) is 7.11 Å². The molecule has 0 rings (SSSR count). The molecular weight excluding hydrogens is 254 g/mol. The fourth-order valence-corrected chi connectivity index (χ4v) is 2.05. The van der Waals surface area contributed by atoms with Crippen molar-refractivity contribution in [1.29, 1.82) is 0 Å². The van der Waals surface area contributed by atoms with E-state index in [-0.39, 0.29) is 29.4 Å². The molecule has 0 spiro atoms. The first kappa shape index (κ1) is 18.8. The molecule has 0 aromatic rings. The first-order valence-electron chi connectivity index (χ1n) is 7.33. The lowest BCUT2D eigenvalue weighted by Gasteiger charge is -2.29. The topological polar surface area (TPSA) is 47.6 Å². The van der Waals surface area contributed by atoms with Gasteiger partial charge in [0.2, 0.25) is 0 Å². The number of esters is 1. The third-order valence-electron chi connectivity index (χ3n) is 3.13. The number of carbonyl (C=O) groups is 1. The van der Waals surface area contributed by atoms with Crippen LogP contribution in [0, 0.1) is 11.8 Å². The summed E-state index contributed by atoms with van der Waals surface area (Å²) in [6.45, 7) is 16.0. The Labute approximate surface area is 123 Å². The number of methoxy groups -OCH3 is 1. The van der Waals surface area contributed by atoms with Crippen LogP contribution in [-0.2, 0) is 14.3 Å². The van der Waals surface area contributed by atoms with E-state index in [1.807, 2.05) is 34.6 Å². The first-order chi connectivity index (χ1) is 9.10. The van der Waals surface area contributed by atoms with Crippen molar-refractivity contribution in [3.63, 3.8) is 0 Å². The highest BCUT2D eigenvalue weighted by Gasteiger charge is 2.26. The number of carbonyl (C=O) groups excluding carboxylic acids is 1. The van der Waals surface area contributed by atoms with Crippen LogP contribution in [0.25, 0.3) is 0 Å². The van der Waals surface area contributed by atoms with Gasteiger partial charge in [-0.2, -0.15) is 0 Å². The molecule has 0 amide bonds. The standard InChI is InChI=1S/C16H31NO3/c1-9-13(17-12(4)20-16(5,6)7)10-14(11(2)3)15(18)19-8/h11,13-14,17H,4,9-10H2,1-3,5-8H3/t13?,14-/m0/s1. The Hall–Kier alpha value is -1.19. The number of rotatable bonds is 8. The maximum absolute atomic E-state index is 11.8. The molecule has 4 nitrogen and oxygen atoms in total. The number of hydrogen-bond acceptors (Lipinski definition) is 4. The van der Waals surface area contributed by atoms with E-state index in [9.17, 15) is 4.79 Å². The molecule has 20 heavy (non-hydrogen) atoms. The van der Waals surface area contributed by atoms with E-state index in [2.05, 4.69) is 18.8 Å². The summed E-state index contributed by atoms with van der Waals surface area (Å²) in [4.78, 5) is 11.8. The fraction of sp³-hybridized carbons (Fsp3) is 0.812. The van der Waals surface area contributed by atoms with Crippen LogP contribution in [0.4, 0.5) is 0 Å². The molecule has 0 aliphatic rings. The van der Waals surface area contributed by atoms with Crippen LogP contribution in [0.5, 0.6) is 0 Å². The lowest BCUT2D eigenvalue weighted by molar-refractivity contribution is -0.147. The summed E-state index contributed by atoms with van der Waals surface area (Å²) in [5.41, 5.74) is -0.276. The maximum atomic E-state index is 11.8. The van der Waals surface area contributed by atoms with Crippen molar-refractivity contribution in [1.82, 2.24) is 5.32 Å². The smallest absolute Gasteiger partial charge is 0.308 e. The molecule has 0 radical (unpaired) electrons. The van der Waals surface area contributed by atoms with Gasteiger partial charge in [0.15, 0.2) is 5.88 Å². The highest BCUT2D eigenvalue weighted by molar-refractivity contribution is 5.72. The number of nitrogens with one attached hydrogen (secondary N) is 1. The summed E-state index contributed by atoms with van der Waals surface area (Å²) in [7, 11) is 1.44. The van der Waals surface area contributed by atoms with Gasteiger partial charge in [0.05, 0.1) is 13.0 Å². The molecule has 0 heterocycles. The van der Waals surface area contributed by atoms with Crippen LogP contribution in [0.3, 0.4) is 0 Å². The van der Waals surface area contributed by atoms with Crippen molar-refractivity contribution >= 4 is 5.97 Å². The van der Waals surface area contributed by atoms with E-state index >= 15 is 0 Å². The van der Waals surface area contributed by atoms with Gasteiger partial charge < -0.3 is 14.8 Å². The summed E-state index contributed by atoms with van der Waals surface area (Å²) < 4.78 is 10.6. The minimum atomic E-state index is -0.276. The molecule has 1 unspecified atom stereocenters.